The summed E-state index contributed by atoms with van der Waals surface area (Å²) in [5, 5.41) is 0. The van der Waals surface area contributed by atoms with Crippen LogP contribution in [0.25, 0.3) is 0 Å². The molecule has 1 rings (SSSR count). The Labute approximate surface area is 108 Å². The molecule has 1 aromatic rings. The van der Waals surface area contributed by atoms with Crippen LogP contribution in [0.1, 0.15) is 47.1 Å². The van der Waals surface area contributed by atoms with Crippen molar-refractivity contribution in [2.75, 3.05) is 7.11 Å². The lowest BCUT2D eigenvalue weighted by atomic mass is 10.2. The van der Waals surface area contributed by atoms with Crippen molar-refractivity contribution in [1.29, 1.82) is 0 Å². The first kappa shape index (κ1) is 20.9. The topological polar surface area (TPSA) is 9.23 Å². The van der Waals surface area contributed by atoms with Crippen molar-refractivity contribution < 1.29 is 4.74 Å². The highest BCUT2D eigenvalue weighted by Crippen LogP contribution is 2.14. The molecule has 0 radical (unpaired) electrons. The molecule has 0 aliphatic heterocycles. The first-order valence-electron chi connectivity index (χ1n) is 6.19. The highest BCUT2D eigenvalue weighted by molar-refractivity contribution is 5.31. The third-order valence-corrected chi connectivity index (χ3v) is 1.56. The fourth-order valence-corrected chi connectivity index (χ4v) is 0.785. The average Bonchev–Trinajstić information content (AvgIpc) is 2.44. The molecule has 0 saturated heterocycles. The molecular formula is C16H28O. The van der Waals surface area contributed by atoms with Crippen LogP contribution in [0.4, 0.5) is 0 Å². The van der Waals surface area contributed by atoms with E-state index in [2.05, 4.69) is 11.8 Å². The average molecular weight is 236 g/mol. The second-order valence-electron chi connectivity index (χ2n) is 2.47. The molecule has 98 valence electrons. The van der Waals surface area contributed by atoms with Crippen molar-refractivity contribution in [3.63, 3.8) is 0 Å². The number of benzene rings is 1. The van der Waals surface area contributed by atoms with Crippen molar-refractivity contribution in [3.8, 4) is 17.6 Å². The first-order valence-corrected chi connectivity index (χ1v) is 6.19. The quantitative estimate of drug-likeness (QED) is 0.617. The molecule has 0 bridgehead atoms. The third kappa shape index (κ3) is 14.6. The maximum atomic E-state index is 5.04. The largest absolute Gasteiger partial charge is 0.496 e. The molecule has 0 unspecified atom stereocenters. The van der Waals surface area contributed by atoms with Gasteiger partial charge in [0.25, 0.3) is 0 Å². The molecule has 1 heteroatoms. The molecule has 1 nitrogen and oxygen atoms in total. The number of para-hydroxylation sites is 1. The van der Waals surface area contributed by atoms with Gasteiger partial charge in [0.2, 0.25) is 0 Å². The summed E-state index contributed by atoms with van der Waals surface area (Å²) in [6.45, 7) is 13.7. The number of hydrogen-bond donors (Lipinski definition) is 0. The van der Waals surface area contributed by atoms with Gasteiger partial charge in [0.05, 0.1) is 7.11 Å². The number of hydrogen-bond acceptors (Lipinski definition) is 1. The van der Waals surface area contributed by atoms with E-state index in [4.69, 9.17) is 4.74 Å². The predicted molar refractivity (Wildman–Crippen MR) is 79.6 cm³/mol. The number of rotatable bonds is 1. The van der Waals surface area contributed by atoms with E-state index in [9.17, 15) is 0 Å². The standard InChI is InChI=1S/C8H10O.C4H6.2C2H6/c1-7-5-3-4-6-8(7)9-2;1-3-4-2;2*1-2/h3-6H,1-2H3;1-2H3;2*1-2H3. The molecule has 0 saturated carbocycles. The van der Waals surface area contributed by atoms with Crippen molar-refractivity contribution in [3.05, 3.63) is 29.8 Å². The normalized spacial score (nSPS) is 6.35. The predicted octanol–water partition coefficient (Wildman–Crippen LogP) is 5.09. The molecule has 0 atom stereocenters. The summed E-state index contributed by atoms with van der Waals surface area (Å²) in [5.74, 6) is 6.32. The Kier molecular flexibility index (Phi) is 24.7. The Hall–Kier alpha value is -1.42. The van der Waals surface area contributed by atoms with E-state index >= 15 is 0 Å². The molecule has 0 fully saturated rings. The van der Waals surface area contributed by atoms with Gasteiger partial charge < -0.3 is 4.74 Å². The summed E-state index contributed by atoms with van der Waals surface area (Å²) in [5.41, 5.74) is 1.18. The van der Waals surface area contributed by atoms with Crippen LogP contribution in [0.5, 0.6) is 5.75 Å². The summed E-state index contributed by atoms with van der Waals surface area (Å²) in [4.78, 5) is 0. The summed E-state index contributed by atoms with van der Waals surface area (Å²) >= 11 is 0. The van der Waals surface area contributed by atoms with Gasteiger partial charge in [0.15, 0.2) is 0 Å². The van der Waals surface area contributed by atoms with E-state index < -0.39 is 0 Å². The molecule has 0 aromatic heterocycles. The highest BCUT2D eigenvalue weighted by Gasteiger charge is 1.90. The monoisotopic (exact) mass is 236 g/mol. The van der Waals surface area contributed by atoms with Crippen molar-refractivity contribution >= 4 is 0 Å². The summed E-state index contributed by atoms with van der Waals surface area (Å²) in [7, 11) is 1.68. The van der Waals surface area contributed by atoms with Gasteiger partial charge in [-0.15, -0.1) is 11.8 Å². The lowest BCUT2D eigenvalue weighted by Crippen LogP contribution is -1.84. The molecule has 0 aliphatic carbocycles. The molecule has 0 heterocycles. The van der Waals surface area contributed by atoms with Crippen LogP contribution in [0.15, 0.2) is 24.3 Å². The summed E-state index contributed by atoms with van der Waals surface area (Å²) < 4.78 is 5.04. The van der Waals surface area contributed by atoms with E-state index in [1.807, 2.05) is 72.7 Å². The second kappa shape index (κ2) is 20.1. The second-order valence-corrected chi connectivity index (χ2v) is 2.47. The summed E-state index contributed by atoms with van der Waals surface area (Å²) in [6.07, 6.45) is 0. The van der Waals surface area contributed by atoms with Crippen LogP contribution in [0, 0.1) is 18.8 Å². The van der Waals surface area contributed by atoms with E-state index in [1.54, 1.807) is 7.11 Å². The fraction of sp³-hybridized carbons (Fsp3) is 0.500. The van der Waals surface area contributed by atoms with Crippen molar-refractivity contribution in [2.45, 2.75) is 48.5 Å². The number of methoxy groups -OCH3 is 1. The van der Waals surface area contributed by atoms with Gasteiger partial charge in [-0.3, -0.25) is 0 Å². The lowest BCUT2D eigenvalue weighted by molar-refractivity contribution is 0.411. The molecule has 0 N–H and O–H groups in total. The van der Waals surface area contributed by atoms with Crippen LogP contribution >= 0.6 is 0 Å². The number of aryl methyl sites for hydroxylation is 1. The van der Waals surface area contributed by atoms with Gasteiger partial charge in [-0.2, -0.15) is 0 Å². The van der Waals surface area contributed by atoms with Gasteiger partial charge in [-0.1, -0.05) is 45.9 Å². The Bertz CT molecular complexity index is 286. The van der Waals surface area contributed by atoms with E-state index in [0.717, 1.165) is 5.75 Å². The highest BCUT2D eigenvalue weighted by atomic mass is 16.5. The lowest BCUT2D eigenvalue weighted by Gasteiger charge is -2.00. The Morgan fingerprint density at radius 1 is 0.882 bits per heavy atom. The van der Waals surface area contributed by atoms with E-state index in [1.165, 1.54) is 5.56 Å². The molecule has 17 heavy (non-hydrogen) atoms. The molecule has 0 spiro atoms. The Balaban J connectivity index is -0.000000208. The van der Waals surface area contributed by atoms with Crippen LogP contribution in [0.2, 0.25) is 0 Å². The minimum absolute atomic E-state index is 0.956. The SMILES string of the molecule is CC.CC.CC#CC.COc1ccccc1C. The van der Waals surface area contributed by atoms with Gasteiger partial charge in [-0.05, 0) is 32.4 Å². The minimum Gasteiger partial charge on any atom is -0.496 e. The number of ether oxygens (including phenoxy) is 1. The van der Waals surface area contributed by atoms with E-state index in [0.29, 0.717) is 0 Å². The van der Waals surface area contributed by atoms with Crippen LogP contribution in [-0.2, 0) is 0 Å². The maximum absolute atomic E-state index is 5.04. The zero-order valence-electron chi connectivity index (χ0n) is 12.7. The van der Waals surface area contributed by atoms with Gasteiger partial charge >= 0.3 is 0 Å². The maximum Gasteiger partial charge on any atom is 0.121 e. The van der Waals surface area contributed by atoms with Crippen LogP contribution in [0.3, 0.4) is 0 Å². The summed E-state index contributed by atoms with van der Waals surface area (Å²) in [6, 6.07) is 7.94. The first-order chi connectivity index (χ1) is 8.26. The zero-order chi connectivity index (χ0) is 14.1. The van der Waals surface area contributed by atoms with Crippen molar-refractivity contribution in [2.24, 2.45) is 0 Å². The zero-order valence-corrected chi connectivity index (χ0v) is 12.7. The van der Waals surface area contributed by atoms with Gasteiger partial charge in [-0.25, -0.2) is 0 Å². The molecule has 1 aromatic carbocycles. The molecular weight excluding hydrogens is 208 g/mol. The fourth-order valence-electron chi connectivity index (χ4n) is 0.785. The van der Waals surface area contributed by atoms with Gasteiger partial charge in [0, 0.05) is 0 Å². The minimum atomic E-state index is 0.956. The van der Waals surface area contributed by atoms with Gasteiger partial charge in [0.1, 0.15) is 5.75 Å². The van der Waals surface area contributed by atoms with Crippen LogP contribution in [-0.4, -0.2) is 7.11 Å². The van der Waals surface area contributed by atoms with E-state index in [-0.39, 0.29) is 0 Å². The Morgan fingerprint density at radius 2 is 1.29 bits per heavy atom. The Morgan fingerprint density at radius 3 is 1.53 bits per heavy atom. The third-order valence-electron chi connectivity index (χ3n) is 1.56. The van der Waals surface area contributed by atoms with Crippen molar-refractivity contribution in [1.82, 2.24) is 0 Å². The van der Waals surface area contributed by atoms with Crippen LogP contribution < -0.4 is 4.74 Å². The smallest absolute Gasteiger partial charge is 0.121 e. The molecule has 0 amide bonds. The molecule has 0 aliphatic rings.